The molecule has 1 aromatic carbocycles. The minimum absolute atomic E-state index is 0.0814. The van der Waals surface area contributed by atoms with Gasteiger partial charge in [0.05, 0.1) is 0 Å². The van der Waals surface area contributed by atoms with Gasteiger partial charge >= 0.3 is 5.97 Å². The van der Waals surface area contributed by atoms with Gasteiger partial charge in [0.2, 0.25) is 0 Å². The second kappa shape index (κ2) is 8.96. The molecule has 0 unspecified atom stereocenters. The first kappa shape index (κ1) is 19.4. The number of nitrogens with one attached hydrogen (secondary N) is 2. The maximum atomic E-state index is 11.9. The van der Waals surface area contributed by atoms with Crippen molar-refractivity contribution in [3.63, 3.8) is 0 Å². The average molecular weight is 376 g/mol. The lowest BCUT2D eigenvalue weighted by Gasteiger charge is -2.10. The molecule has 0 aliphatic carbocycles. The van der Waals surface area contributed by atoms with E-state index >= 15 is 0 Å². The molecule has 1 heterocycles. The molecule has 2 aromatic rings. The molecular weight excluding hydrogens is 358 g/mol. The quantitative estimate of drug-likeness (QED) is 0.755. The SMILES string of the molecule is Cc1ccc(NC(=O)COC(=O)CNC(=O)c2cc(Cl)ccn2)c(C)c1. The fourth-order valence-corrected chi connectivity index (χ4v) is 2.27. The molecule has 0 radical (unpaired) electrons. The van der Waals surface area contributed by atoms with E-state index < -0.39 is 24.4 Å². The lowest BCUT2D eigenvalue weighted by Crippen LogP contribution is -2.32. The van der Waals surface area contributed by atoms with Gasteiger partial charge in [0.1, 0.15) is 12.2 Å². The van der Waals surface area contributed by atoms with Crippen LogP contribution < -0.4 is 10.6 Å². The average Bonchev–Trinajstić information content (AvgIpc) is 2.60. The maximum absolute atomic E-state index is 11.9. The molecule has 7 nitrogen and oxygen atoms in total. The topological polar surface area (TPSA) is 97.4 Å². The van der Waals surface area contributed by atoms with E-state index in [9.17, 15) is 14.4 Å². The minimum atomic E-state index is -0.740. The number of anilines is 1. The second-order valence-corrected chi connectivity index (χ2v) is 6.01. The smallest absolute Gasteiger partial charge is 0.325 e. The molecular formula is C18H18ClN3O4. The standard InChI is InChI=1S/C18H18ClN3O4/c1-11-3-4-14(12(2)7-11)22-16(23)10-26-17(24)9-21-18(25)15-8-13(19)5-6-20-15/h3-8H,9-10H2,1-2H3,(H,21,25)(H,22,23). The van der Waals surface area contributed by atoms with Gasteiger partial charge in [0.15, 0.2) is 6.61 Å². The summed E-state index contributed by atoms with van der Waals surface area (Å²) >= 11 is 5.77. The Kier molecular flexibility index (Phi) is 6.68. The number of ether oxygens (including phenoxy) is 1. The molecule has 1 aromatic heterocycles. The van der Waals surface area contributed by atoms with Crippen molar-refractivity contribution in [2.24, 2.45) is 0 Å². The zero-order chi connectivity index (χ0) is 19.1. The zero-order valence-corrected chi connectivity index (χ0v) is 15.1. The second-order valence-electron chi connectivity index (χ2n) is 5.57. The minimum Gasteiger partial charge on any atom is -0.454 e. The fourth-order valence-electron chi connectivity index (χ4n) is 2.11. The van der Waals surface area contributed by atoms with Crippen LogP contribution >= 0.6 is 11.6 Å². The summed E-state index contributed by atoms with van der Waals surface area (Å²) in [5.74, 6) is -1.77. The van der Waals surface area contributed by atoms with E-state index in [1.165, 1.54) is 18.3 Å². The lowest BCUT2D eigenvalue weighted by molar-refractivity contribution is -0.146. The Balaban J connectivity index is 1.76. The van der Waals surface area contributed by atoms with Gasteiger partial charge in [0.25, 0.3) is 11.8 Å². The van der Waals surface area contributed by atoms with Crippen molar-refractivity contribution in [3.05, 3.63) is 58.4 Å². The molecule has 0 fully saturated rings. The Hall–Kier alpha value is -2.93. The molecule has 0 saturated heterocycles. The number of nitrogens with zero attached hydrogens (tertiary/aromatic N) is 1. The Bertz CT molecular complexity index is 839. The molecule has 0 saturated carbocycles. The van der Waals surface area contributed by atoms with Gasteiger partial charge in [-0.1, -0.05) is 29.3 Å². The summed E-state index contributed by atoms with van der Waals surface area (Å²) in [6.45, 7) is 2.99. The van der Waals surface area contributed by atoms with Gasteiger partial charge in [-0.2, -0.15) is 0 Å². The highest BCUT2D eigenvalue weighted by Crippen LogP contribution is 2.15. The number of esters is 1. The van der Waals surface area contributed by atoms with Gasteiger partial charge in [-0.3, -0.25) is 19.4 Å². The monoisotopic (exact) mass is 375 g/mol. The molecule has 2 amide bonds. The van der Waals surface area contributed by atoms with Gasteiger partial charge in [-0.15, -0.1) is 0 Å². The first-order chi connectivity index (χ1) is 12.3. The van der Waals surface area contributed by atoms with Crippen molar-refractivity contribution in [2.75, 3.05) is 18.5 Å². The predicted octanol–water partition coefficient (Wildman–Crippen LogP) is 2.26. The van der Waals surface area contributed by atoms with Gasteiger partial charge in [0, 0.05) is 16.9 Å². The fraction of sp³-hybridized carbons (Fsp3) is 0.222. The van der Waals surface area contributed by atoms with E-state index in [0.29, 0.717) is 10.7 Å². The van der Waals surface area contributed by atoms with Crippen molar-refractivity contribution in [1.29, 1.82) is 0 Å². The van der Waals surface area contributed by atoms with Crippen LogP contribution in [-0.4, -0.2) is 35.9 Å². The van der Waals surface area contributed by atoms with E-state index in [2.05, 4.69) is 15.6 Å². The number of halogens is 1. The van der Waals surface area contributed by atoms with E-state index in [1.54, 1.807) is 6.07 Å². The maximum Gasteiger partial charge on any atom is 0.325 e. The number of aryl methyl sites for hydroxylation is 2. The van der Waals surface area contributed by atoms with E-state index in [1.807, 2.05) is 26.0 Å². The van der Waals surface area contributed by atoms with Crippen molar-refractivity contribution in [3.8, 4) is 0 Å². The van der Waals surface area contributed by atoms with E-state index in [0.717, 1.165) is 11.1 Å². The number of rotatable bonds is 6. The summed E-state index contributed by atoms with van der Waals surface area (Å²) in [7, 11) is 0. The van der Waals surface area contributed by atoms with Crippen LogP contribution in [0.5, 0.6) is 0 Å². The van der Waals surface area contributed by atoms with Crippen LogP contribution in [0.2, 0.25) is 5.02 Å². The van der Waals surface area contributed by atoms with Crippen molar-refractivity contribution in [1.82, 2.24) is 10.3 Å². The number of hydrogen-bond donors (Lipinski definition) is 2. The van der Waals surface area contributed by atoms with Crippen LogP contribution in [0, 0.1) is 13.8 Å². The summed E-state index contributed by atoms with van der Waals surface area (Å²) in [5.41, 5.74) is 2.72. The van der Waals surface area contributed by atoms with Crippen LogP contribution in [0.25, 0.3) is 0 Å². The molecule has 26 heavy (non-hydrogen) atoms. The molecule has 0 bridgehead atoms. The summed E-state index contributed by atoms with van der Waals surface area (Å²) < 4.78 is 4.84. The molecule has 2 rings (SSSR count). The normalized spacial score (nSPS) is 10.1. The van der Waals surface area contributed by atoms with Crippen LogP contribution in [0.1, 0.15) is 21.6 Å². The molecule has 0 spiro atoms. The number of carbonyl (C=O) groups excluding carboxylic acids is 3. The van der Waals surface area contributed by atoms with Crippen LogP contribution in [-0.2, 0) is 14.3 Å². The lowest BCUT2D eigenvalue weighted by atomic mass is 10.1. The Morgan fingerprint density at radius 3 is 2.62 bits per heavy atom. The Labute approximate surface area is 155 Å². The Morgan fingerprint density at radius 2 is 1.92 bits per heavy atom. The number of aromatic nitrogens is 1. The molecule has 0 atom stereocenters. The third-order valence-electron chi connectivity index (χ3n) is 3.37. The van der Waals surface area contributed by atoms with Crippen LogP contribution in [0.4, 0.5) is 5.69 Å². The molecule has 2 N–H and O–H groups in total. The number of benzene rings is 1. The number of carbonyl (C=O) groups is 3. The molecule has 0 aliphatic heterocycles. The Morgan fingerprint density at radius 1 is 1.15 bits per heavy atom. The summed E-state index contributed by atoms with van der Waals surface area (Å²) in [4.78, 5) is 39.2. The van der Waals surface area contributed by atoms with Crippen LogP contribution in [0.15, 0.2) is 36.5 Å². The predicted molar refractivity (Wildman–Crippen MR) is 97.1 cm³/mol. The first-order valence-corrected chi connectivity index (χ1v) is 8.15. The van der Waals surface area contributed by atoms with E-state index in [-0.39, 0.29) is 12.2 Å². The highest BCUT2D eigenvalue weighted by Gasteiger charge is 2.12. The third kappa shape index (κ3) is 5.86. The molecule has 8 heteroatoms. The summed E-state index contributed by atoms with van der Waals surface area (Å²) in [5, 5.41) is 5.37. The van der Waals surface area contributed by atoms with E-state index in [4.69, 9.17) is 16.3 Å². The molecule has 136 valence electrons. The zero-order valence-electron chi connectivity index (χ0n) is 14.3. The summed E-state index contributed by atoms with van der Waals surface area (Å²) in [6, 6.07) is 8.48. The van der Waals surface area contributed by atoms with Crippen molar-refractivity contribution < 1.29 is 19.1 Å². The van der Waals surface area contributed by atoms with Gasteiger partial charge in [-0.25, -0.2) is 0 Å². The summed E-state index contributed by atoms with van der Waals surface area (Å²) in [6.07, 6.45) is 1.38. The van der Waals surface area contributed by atoms with Crippen LogP contribution in [0.3, 0.4) is 0 Å². The van der Waals surface area contributed by atoms with Crippen molar-refractivity contribution in [2.45, 2.75) is 13.8 Å². The van der Waals surface area contributed by atoms with Gasteiger partial charge < -0.3 is 15.4 Å². The molecule has 0 aliphatic rings. The first-order valence-electron chi connectivity index (χ1n) is 7.77. The largest absolute Gasteiger partial charge is 0.454 e. The number of amides is 2. The highest BCUT2D eigenvalue weighted by atomic mass is 35.5. The number of hydrogen-bond acceptors (Lipinski definition) is 5. The highest BCUT2D eigenvalue weighted by molar-refractivity contribution is 6.30. The third-order valence-corrected chi connectivity index (χ3v) is 3.60. The van der Waals surface area contributed by atoms with Crippen molar-refractivity contribution >= 4 is 35.1 Å². The van der Waals surface area contributed by atoms with Gasteiger partial charge in [-0.05, 0) is 37.6 Å². The number of pyridine rings is 1.